The summed E-state index contributed by atoms with van der Waals surface area (Å²) in [5, 5.41) is 2.36. The first-order chi connectivity index (χ1) is 15.5. The normalized spacial score (nSPS) is 28.6. The molecule has 0 aromatic heterocycles. The summed E-state index contributed by atoms with van der Waals surface area (Å²) in [6.45, 7) is 3.13. The fraction of sp³-hybridized carbons (Fsp3) is 0.500. The molecule has 0 N–H and O–H groups in total. The summed E-state index contributed by atoms with van der Waals surface area (Å²) in [4.78, 5) is 47.6. The van der Waals surface area contributed by atoms with Crippen LogP contribution in [0.25, 0.3) is 0 Å². The van der Waals surface area contributed by atoms with Crippen molar-refractivity contribution >= 4 is 58.3 Å². The number of thiocarbonyl (C=S) groups is 1. The van der Waals surface area contributed by atoms with Gasteiger partial charge in [-0.15, -0.1) is 0 Å². The van der Waals surface area contributed by atoms with Gasteiger partial charge in [-0.05, 0) is 12.2 Å². The summed E-state index contributed by atoms with van der Waals surface area (Å²) < 4.78 is 16.0. The molecule has 4 bridgehead atoms. The average molecular weight is 517 g/mol. The number of rotatable bonds is 3. The maximum atomic E-state index is 12.7. The van der Waals surface area contributed by atoms with Gasteiger partial charge >= 0.3 is 185 Å². The van der Waals surface area contributed by atoms with Gasteiger partial charge in [-0.3, -0.25) is 0 Å². The molecule has 5 rings (SSSR count). The van der Waals surface area contributed by atoms with Gasteiger partial charge in [0.05, 0.1) is 0 Å². The fourth-order valence-electron chi connectivity index (χ4n) is 4.12. The van der Waals surface area contributed by atoms with Crippen molar-refractivity contribution in [3.8, 4) is 0 Å². The molecule has 10 nitrogen and oxygen atoms in total. The monoisotopic (exact) mass is 516 g/mol. The number of aliphatic imine (C=N–C) groups is 1. The summed E-state index contributed by atoms with van der Waals surface area (Å²) in [5.41, 5.74) is 1.80. The maximum absolute atomic E-state index is 12.7. The van der Waals surface area contributed by atoms with Crippen molar-refractivity contribution in [2.24, 2.45) is 4.99 Å². The van der Waals surface area contributed by atoms with Crippen LogP contribution < -0.4 is 0 Å². The van der Waals surface area contributed by atoms with Crippen molar-refractivity contribution in [1.82, 2.24) is 14.7 Å². The van der Waals surface area contributed by atoms with Gasteiger partial charge in [-0.1, -0.05) is 0 Å². The van der Waals surface area contributed by atoms with E-state index in [4.69, 9.17) is 10.6 Å². The van der Waals surface area contributed by atoms with E-state index < -0.39 is 35.2 Å². The molecule has 0 amide bonds. The minimum atomic E-state index is -3.81. The number of fused-ring (bicyclic) bond motifs is 9. The van der Waals surface area contributed by atoms with E-state index in [1.807, 2.05) is 34.1 Å². The number of hydrogen-bond acceptors (Lipinski definition) is 11. The Morgan fingerprint density at radius 2 is 1.50 bits per heavy atom. The van der Waals surface area contributed by atoms with Crippen LogP contribution in [0.3, 0.4) is 0 Å². The molecule has 12 heteroatoms. The van der Waals surface area contributed by atoms with Crippen molar-refractivity contribution in [2.45, 2.75) is 12.5 Å². The fourth-order valence-corrected chi connectivity index (χ4v) is 6.35. The first-order valence-corrected chi connectivity index (χ1v) is 13.8. The molecule has 4 saturated heterocycles. The molecule has 0 spiro atoms. The van der Waals surface area contributed by atoms with Crippen LogP contribution in [-0.2, 0) is 31.4 Å². The predicted octanol–water partition coefficient (Wildman–Crippen LogP) is -0.107. The van der Waals surface area contributed by atoms with Gasteiger partial charge < -0.3 is 0 Å². The second kappa shape index (κ2) is 10.7. The molecule has 168 valence electrons. The van der Waals surface area contributed by atoms with Gasteiger partial charge in [0.15, 0.2) is 0 Å². The zero-order valence-corrected chi connectivity index (χ0v) is 20.7. The molecule has 1 aromatic rings. The van der Waals surface area contributed by atoms with Gasteiger partial charge in [0.25, 0.3) is 0 Å². The summed E-state index contributed by atoms with van der Waals surface area (Å²) in [6, 6.07) is 7.65. The van der Waals surface area contributed by atoms with E-state index in [1.54, 1.807) is 0 Å². The third kappa shape index (κ3) is 6.26. The Bertz CT molecular complexity index is 925. The summed E-state index contributed by atoms with van der Waals surface area (Å²) >= 11 is 0.847. The third-order valence-electron chi connectivity index (χ3n) is 5.72. The average Bonchev–Trinajstić information content (AvgIpc) is 2.75. The zero-order chi connectivity index (χ0) is 22.5. The number of isothiocyanates is 1. The first-order valence-electron chi connectivity index (χ1n) is 10.4. The molecular weight excluding hydrogens is 494 g/mol. The molecule has 1 aromatic carbocycles. The number of nitrogens with zero attached hydrogens (tertiary/aromatic N) is 4. The van der Waals surface area contributed by atoms with Crippen LogP contribution in [-0.4, -0.2) is 113 Å². The summed E-state index contributed by atoms with van der Waals surface area (Å²) in [6.07, 6.45) is 0.667. The number of carbonyl (C=O) groups excluding carboxylic acids is 3. The molecule has 0 saturated carbocycles. The number of benzene rings is 1. The van der Waals surface area contributed by atoms with Crippen molar-refractivity contribution in [3.63, 3.8) is 0 Å². The molecule has 4 unspecified atom stereocenters. The standard InChI is InChI=1S/C20H26N4O6S.Ga/c25-18(26)11-22-5-6-23(12-19(27)28)10-17(24(8-7-22)13-20(29)30)9-15-1-3-16(4-2-15)21-14-31;/h1-4,17H,5-13H2,(H,25,26)(H,27,28)(H,29,30);/q;+3/p-3. The van der Waals surface area contributed by atoms with Gasteiger partial charge in [-0.2, -0.15) is 0 Å². The Labute approximate surface area is 197 Å². The zero-order valence-electron chi connectivity index (χ0n) is 17.5. The van der Waals surface area contributed by atoms with E-state index in [1.165, 1.54) is 0 Å². The van der Waals surface area contributed by atoms with Crippen LogP contribution in [0.5, 0.6) is 0 Å². The first kappa shape index (κ1) is 23.1. The van der Waals surface area contributed by atoms with Crippen LogP contribution in [0.4, 0.5) is 5.69 Å². The molecule has 0 radical (unpaired) electrons. The predicted molar refractivity (Wildman–Crippen MR) is 117 cm³/mol. The molecule has 4 fully saturated rings. The van der Waals surface area contributed by atoms with Gasteiger partial charge in [-0.25, -0.2) is 0 Å². The topological polar surface area (TPSA) is 101 Å². The Kier molecular flexibility index (Phi) is 7.74. The van der Waals surface area contributed by atoms with Gasteiger partial charge in [0, 0.05) is 0 Å². The molecule has 4 atom stereocenters. The van der Waals surface area contributed by atoms with Crippen molar-refractivity contribution in [1.29, 1.82) is 0 Å². The number of carbonyl (C=O) groups is 3. The summed E-state index contributed by atoms with van der Waals surface area (Å²) in [5.74, 6) is -1.59. The van der Waals surface area contributed by atoms with E-state index >= 15 is 0 Å². The van der Waals surface area contributed by atoms with Crippen molar-refractivity contribution in [3.05, 3.63) is 29.8 Å². The SMILES string of the molecule is O=C1CN2CCN3CC(=O)[O][Ga]([O]1)[O]C(=O)CN(CC2)C(Cc1ccc(N=C=S)cc1)C3. The van der Waals surface area contributed by atoms with E-state index in [2.05, 4.69) is 27.3 Å². The molecular formula is C20H23GaN4O6S. The second-order valence-electron chi connectivity index (χ2n) is 7.97. The van der Waals surface area contributed by atoms with E-state index in [0.29, 0.717) is 39.1 Å². The molecule has 4 aliphatic rings. The van der Waals surface area contributed by atoms with E-state index in [-0.39, 0.29) is 25.7 Å². The Morgan fingerprint density at radius 1 is 0.906 bits per heavy atom. The van der Waals surface area contributed by atoms with Crippen molar-refractivity contribution < 1.29 is 25.0 Å². The van der Waals surface area contributed by atoms with Gasteiger partial charge in [0.1, 0.15) is 0 Å². The molecule has 4 aliphatic heterocycles. The van der Waals surface area contributed by atoms with Crippen LogP contribution >= 0.6 is 12.2 Å². The van der Waals surface area contributed by atoms with Gasteiger partial charge in [0.2, 0.25) is 0 Å². The van der Waals surface area contributed by atoms with Crippen LogP contribution in [0, 0.1) is 0 Å². The minimum absolute atomic E-state index is 0.0382. The Hall–Kier alpha value is -2.05. The molecule has 32 heavy (non-hydrogen) atoms. The van der Waals surface area contributed by atoms with E-state index in [0.717, 1.165) is 11.3 Å². The quantitative estimate of drug-likeness (QED) is 0.307. The summed E-state index contributed by atoms with van der Waals surface area (Å²) in [7, 11) is 0. The van der Waals surface area contributed by atoms with E-state index in [9.17, 15) is 14.4 Å². The van der Waals surface area contributed by atoms with Crippen LogP contribution in [0.1, 0.15) is 5.56 Å². The van der Waals surface area contributed by atoms with Crippen LogP contribution in [0.2, 0.25) is 0 Å². The molecule has 0 aliphatic carbocycles. The molecule has 4 heterocycles. The third-order valence-corrected chi connectivity index (χ3v) is 8.68. The number of hydrogen-bond donors (Lipinski definition) is 0. The van der Waals surface area contributed by atoms with Crippen LogP contribution in [0.15, 0.2) is 29.3 Å². The Morgan fingerprint density at radius 3 is 2.19 bits per heavy atom. The second-order valence-corrected chi connectivity index (χ2v) is 10.8. The van der Waals surface area contributed by atoms with Crippen molar-refractivity contribution in [2.75, 3.05) is 52.4 Å². The Balaban J connectivity index is 1.65.